The summed E-state index contributed by atoms with van der Waals surface area (Å²) in [5.41, 5.74) is 3.00. The number of hydrogen-bond donors (Lipinski definition) is 0. The van der Waals surface area contributed by atoms with Crippen LogP contribution in [0.5, 0.6) is 5.75 Å². The van der Waals surface area contributed by atoms with E-state index in [1.165, 1.54) is 13.3 Å². The molecular formula is C22H16N4O3. The van der Waals surface area contributed by atoms with E-state index in [2.05, 4.69) is 10.1 Å². The van der Waals surface area contributed by atoms with Crippen LogP contribution in [-0.4, -0.2) is 33.7 Å². The lowest BCUT2D eigenvalue weighted by atomic mass is 10.1. The molecule has 0 bridgehead atoms. The van der Waals surface area contributed by atoms with Crippen molar-refractivity contribution in [2.24, 2.45) is 0 Å². The molecule has 5 rings (SSSR count). The molecule has 0 atom stereocenters. The Morgan fingerprint density at radius 2 is 1.66 bits per heavy atom. The number of aryl methyl sites for hydroxylation is 1. The Kier molecular flexibility index (Phi) is 3.70. The number of hydrogen-bond acceptors (Lipinski definition) is 5. The Morgan fingerprint density at radius 1 is 0.931 bits per heavy atom. The summed E-state index contributed by atoms with van der Waals surface area (Å²) >= 11 is 0. The summed E-state index contributed by atoms with van der Waals surface area (Å²) in [5, 5.41) is 5.16. The maximum Gasteiger partial charge on any atom is 0.267 e. The van der Waals surface area contributed by atoms with Gasteiger partial charge in [0.15, 0.2) is 5.65 Å². The van der Waals surface area contributed by atoms with Crippen molar-refractivity contribution in [2.75, 3.05) is 12.0 Å². The molecule has 7 heteroatoms. The monoisotopic (exact) mass is 384 g/mol. The van der Waals surface area contributed by atoms with Crippen LogP contribution in [0.25, 0.3) is 16.7 Å². The van der Waals surface area contributed by atoms with Crippen molar-refractivity contribution in [1.82, 2.24) is 14.8 Å². The van der Waals surface area contributed by atoms with Crippen LogP contribution in [0.15, 0.2) is 60.8 Å². The van der Waals surface area contributed by atoms with Gasteiger partial charge in [0, 0.05) is 6.20 Å². The number of ether oxygens (including phenoxy) is 1. The summed E-state index contributed by atoms with van der Waals surface area (Å²) in [6, 6.07) is 16.5. The minimum absolute atomic E-state index is 0.268. The molecule has 0 N–H and O–H groups in total. The maximum absolute atomic E-state index is 13.4. The first-order valence-corrected chi connectivity index (χ1v) is 9.07. The summed E-state index contributed by atoms with van der Waals surface area (Å²) in [6.45, 7) is 1.81. The van der Waals surface area contributed by atoms with Gasteiger partial charge in [-0.2, -0.15) is 5.10 Å². The van der Waals surface area contributed by atoms with Crippen LogP contribution in [0.3, 0.4) is 0 Å². The van der Waals surface area contributed by atoms with Crippen molar-refractivity contribution < 1.29 is 14.3 Å². The van der Waals surface area contributed by atoms with Gasteiger partial charge in [0.25, 0.3) is 11.8 Å². The van der Waals surface area contributed by atoms with Gasteiger partial charge in [-0.25, -0.2) is 14.6 Å². The lowest BCUT2D eigenvalue weighted by Gasteiger charge is -2.16. The molecule has 0 aliphatic carbocycles. The number of aromatic nitrogens is 3. The molecule has 0 spiro atoms. The van der Waals surface area contributed by atoms with Gasteiger partial charge in [-0.1, -0.05) is 30.3 Å². The fourth-order valence-electron chi connectivity index (χ4n) is 3.74. The number of methoxy groups -OCH3 is 1. The summed E-state index contributed by atoms with van der Waals surface area (Å²) in [7, 11) is 1.50. The standard InChI is InChI=1S/C22H16N4O3/c1-13-18-19-15(12-23-20(18)26(24-13)14-8-4-3-5-9-14)21(27)25(22(19)28)16-10-6-7-11-17(16)29-2/h3-12H,1-2H3. The van der Waals surface area contributed by atoms with E-state index in [1.807, 2.05) is 37.3 Å². The zero-order valence-electron chi connectivity index (χ0n) is 15.8. The van der Waals surface area contributed by atoms with Crippen molar-refractivity contribution in [3.63, 3.8) is 0 Å². The molecule has 2 aromatic carbocycles. The van der Waals surface area contributed by atoms with E-state index < -0.39 is 11.8 Å². The van der Waals surface area contributed by atoms with Crippen molar-refractivity contribution in [3.05, 3.63) is 77.6 Å². The largest absolute Gasteiger partial charge is 0.495 e. The van der Waals surface area contributed by atoms with Crippen LogP contribution < -0.4 is 9.64 Å². The summed E-state index contributed by atoms with van der Waals surface area (Å²) in [4.78, 5) is 32.1. The number of nitrogens with zero attached hydrogens (tertiary/aromatic N) is 4. The normalized spacial score (nSPS) is 13.2. The fraction of sp³-hybridized carbons (Fsp3) is 0.0909. The Hall–Kier alpha value is -4.00. The number of rotatable bonds is 3. The predicted molar refractivity (Wildman–Crippen MR) is 108 cm³/mol. The number of para-hydroxylation sites is 3. The minimum atomic E-state index is -0.421. The van der Waals surface area contributed by atoms with Crippen LogP contribution in [0, 0.1) is 6.92 Å². The fourth-order valence-corrected chi connectivity index (χ4v) is 3.74. The van der Waals surface area contributed by atoms with E-state index in [0.717, 1.165) is 10.6 Å². The van der Waals surface area contributed by atoms with E-state index >= 15 is 0 Å². The third-order valence-corrected chi connectivity index (χ3v) is 5.05. The number of benzene rings is 2. The van der Waals surface area contributed by atoms with Crippen LogP contribution in [-0.2, 0) is 0 Å². The topological polar surface area (TPSA) is 77.3 Å². The van der Waals surface area contributed by atoms with E-state index in [-0.39, 0.29) is 5.56 Å². The van der Waals surface area contributed by atoms with Crippen LogP contribution >= 0.6 is 0 Å². The second-order valence-corrected chi connectivity index (χ2v) is 6.70. The van der Waals surface area contributed by atoms with Gasteiger partial charge in [0.1, 0.15) is 5.75 Å². The summed E-state index contributed by atoms with van der Waals surface area (Å²) in [6.07, 6.45) is 1.45. The van der Waals surface area contributed by atoms with Gasteiger partial charge < -0.3 is 4.74 Å². The number of carbonyl (C=O) groups excluding carboxylic acids is 2. The van der Waals surface area contributed by atoms with Gasteiger partial charge in [-0.15, -0.1) is 0 Å². The van der Waals surface area contributed by atoms with Crippen LogP contribution in [0.1, 0.15) is 26.4 Å². The first-order chi connectivity index (χ1) is 14.1. The molecule has 0 fully saturated rings. The Bertz CT molecular complexity index is 1290. The quantitative estimate of drug-likeness (QED) is 0.505. The average Bonchev–Trinajstić information content (AvgIpc) is 3.22. The average molecular weight is 384 g/mol. The van der Waals surface area contributed by atoms with E-state index in [0.29, 0.717) is 33.7 Å². The number of anilines is 1. The molecule has 0 saturated heterocycles. The molecule has 3 heterocycles. The minimum Gasteiger partial charge on any atom is -0.495 e. The third kappa shape index (κ3) is 2.37. The van der Waals surface area contributed by atoms with Gasteiger partial charge >= 0.3 is 0 Å². The lowest BCUT2D eigenvalue weighted by Crippen LogP contribution is -2.29. The van der Waals surface area contributed by atoms with E-state index in [1.54, 1.807) is 28.9 Å². The Morgan fingerprint density at radius 3 is 2.41 bits per heavy atom. The van der Waals surface area contributed by atoms with Gasteiger partial charge in [-0.05, 0) is 31.2 Å². The Labute approximate surface area is 166 Å². The SMILES string of the molecule is COc1ccccc1N1C(=O)c2cnc3c(c(C)nn3-c3ccccc3)c2C1=O. The smallest absolute Gasteiger partial charge is 0.267 e. The molecule has 0 unspecified atom stereocenters. The maximum atomic E-state index is 13.4. The van der Waals surface area contributed by atoms with Crippen molar-refractivity contribution in [3.8, 4) is 11.4 Å². The van der Waals surface area contributed by atoms with Crippen molar-refractivity contribution >= 4 is 28.5 Å². The second kappa shape index (κ2) is 6.27. The number of carbonyl (C=O) groups is 2. The van der Waals surface area contributed by atoms with Crippen LogP contribution in [0.2, 0.25) is 0 Å². The number of fused-ring (bicyclic) bond motifs is 3. The predicted octanol–water partition coefficient (Wildman–Crippen LogP) is 3.54. The van der Waals surface area contributed by atoms with Crippen molar-refractivity contribution in [1.29, 1.82) is 0 Å². The van der Waals surface area contributed by atoms with E-state index in [9.17, 15) is 9.59 Å². The van der Waals surface area contributed by atoms with Crippen LogP contribution in [0.4, 0.5) is 5.69 Å². The zero-order chi connectivity index (χ0) is 20.1. The molecule has 1 aliphatic rings. The van der Waals surface area contributed by atoms with Gasteiger partial charge in [0.05, 0.1) is 40.7 Å². The molecule has 2 aromatic heterocycles. The molecule has 142 valence electrons. The van der Waals surface area contributed by atoms with E-state index in [4.69, 9.17) is 4.74 Å². The van der Waals surface area contributed by atoms with Gasteiger partial charge in [-0.3, -0.25) is 9.59 Å². The number of amides is 2. The molecule has 0 saturated carbocycles. The second-order valence-electron chi connectivity index (χ2n) is 6.70. The molecule has 4 aromatic rings. The highest BCUT2D eigenvalue weighted by Gasteiger charge is 2.41. The lowest BCUT2D eigenvalue weighted by molar-refractivity contribution is 0.0925. The molecule has 1 aliphatic heterocycles. The third-order valence-electron chi connectivity index (χ3n) is 5.05. The molecular weight excluding hydrogens is 368 g/mol. The first-order valence-electron chi connectivity index (χ1n) is 9.07. The first kappa shape index (κ1) is 17.1. The zero-order valence-corrected chi connectivity index (χ0v) is 15.8. The number of imide groups is 1. The molecule has 2 amide bonds. The summed E-state index contributed by atoms with van der Waals surface area (Å²) < 4.78 is 7.04. The highest BCUT2D eigenvalue weighted by atomic mass is 16.5. The molecule has 7 nitrogen and oxygen atoms in total. The van der Waals surface area contributed by atoms with Gasteiger partial charge in [0.2, 0.25) is 0 Å². The highest BCUT2D eigenvalue weighted by Crippen LogP contribution is 2.37. The Balaban J connectivity index is 1.73. The molecule has 0 radical (unpaired) electrons. The van der Waals surface area contributed by atoms with Crippen molar-refractivity contribution in [2.45, 2.75) is 6.92 Å². The highest BCUT2D eigenvalue weighted by molar-refractivity contribution is 6.37. The summed E-state index contributed by atoms with van der Waals surface area (Å²) in [5.74, 6) is -0.378. The number of pyridine rings is 1. The molecule has 29 heavy (non-hydrogen) atoms.